The van der Waals surface area contributed by atoms with Crippen molar-refractivity contribution in [3.05, 3.63) is 35.7 Å². The summed E-state index contributed by atoms with van der Waals surface area (Å²) in [6, 6.07) is 2.09. The van der Waals surface area contributed by atoms with Crippen LogP contribution in [0, 0.1) is 0 Å². The molecule has 0 fully saturated rings. The van der Waals surface area contributed by atoms with Crippen LogP contribution in [0.15, 0.2) is 24.4 Å². The lowest BCUT2D eigenvalue weighted by atomic mass is 10.0. The maximum atomic E-state index is 4.14. The maximum Gasteiger partial charge on any atom is 0.193 e. The number of H-pyrrole nitrogens is 1. The van der Waals surface area contributed by atoms with Gasteiger partial charge in [0.25, 0.3) is 0 Å². The van der Waals surface area contributed by atoms with E-state index in [4.69, 9.17) is 0 Å². The molecule has 2 heteroatoms. The predicted molar refractivity (Wildman–Crippen MR) is 37.3 cm³/mol. The van der Waals surface area contributed by atoms with Crippen LogP contribution in [0.3, 0.4) is 0 Å². The molecule has 0 aromatic carbocycles. The van der Waals surface area contributed by atoms with Gasteiger partial charge in [-0.05, 0) is 17.1 Å². The fraction of sp³-hybridized carbons (Fsp3) is 0.250. The van der Waals surface area contributed by atoms with Crippen LogP contribution in [0.4, 0.5) is 0 Å². The predicted octanol–water partition coefficient (Wildman–Crippen LogP) is 0.550. The van der Waals surface area contributed by atoms with Gasteiger partial charge in [-0.15, -0.1) is 5.10 Å². The molecule has 0 bridgehead atoms. The van der Waals surface area contributed by atoms with Crippen LogP contribution in [0.2, 0.25) is 0 Å². The molecule has 0 aliphatic heterocycles. The Bertz CT molecular complexity index is 239. The number of rotatable bonds is 0. The summed E-state index contributed by atoms with van der Waals surface area (Å²) in [7, 11) is 0. The minimum Gasteiger partial charge on any atom is -0.106 e. The second-order valence-electron chi connectivity index (χ2n) is 2.43. The van der Waals surface area contributed by atoms with Gasteiger partial charge in [0.15, 0.2) is 6.20 Å². The monoisotopic (exact) mass is 133 g/mol. The molecule has 50 valence electrons. The summed E-state index contributed by atoms with van der Waals surface area (Å²) < 4.78 is 0. The molecule has 0 saturated carbocycles. The molecule has 0 amide bonds. The fourth-order valence-electron chi connectivity index (χ4n) is 1.19. The molecule has 1 heterocycles. The zero-order valence-corrected chi connectivity index (χ0v) is 5.67. The minimum atomic E-state index is 0.979. The van der Waals surface area contributed by atoms with E-state index in [1.54, 1.807) is 0 Å². The second kappa shape index (κ2) is 2.21. The molecule has 0 radical (unpaired) electrons. The number of aromatic nitrogens is 2. The highest BCUT2D eigenvalue weighted by Crippen LogP contribution is 2.10. The van der Waals surface area contributed by atoms with Crippen LogP contribution in [-0.4, -0.2) is 5.10 Å². The maximum absolute atomic E-state index is 4.14. The molecule has 0 atom stereocenters. The van der Waals surface area contributed by atoms with Gasteiger partial charge in [-0.2, -0.15) is 0 Å². The summed E-state index contributed by atoms with van der Waals surface area (Å²) in [6.45, 7) is 0. The summed E-state index contributed by atoms with van der Waals surface area (Å²) in [4.78, 5) is 0. The number of aromatic amines is 1. The first-order chi connectivity index (χ1) is 4.97. The number of allylic oxidation sites excluding steroid dienone is 2. The molecule has 2 nitrogen and oxygen atoms in total. The largest absolute Gasteiger partial charge is 0.193 e. The third-order valence-electron chi connectivity index (χ3n) is 1.74. The Hall–Kier alpha value is -1.18. The first-order valence-corrected chi connectivity index (χ1v) is 3.46. The number of nitrogens with one attached hydrogen (secondary N) is 1. The van der Waals surface area contributed by atoms with Crippen molar-refractivity contribution in [3.8, 4) is 0 Å². The Morgan fingerprint density at radius 3 is 3.10 bits per heavy atom. The minimum absolute atomic E-state index is 0.979. The highest BCUT2D eigenvalue weighted by Gasteiger charge is 2.06. The van der Waals surface area contributed by atoms with E-state index in [0.29, 0.717) is 0 Å². The molecule has 0 spiro atoms. The molecule has 1 aromatic rings. The van der Waals surface area contributed by atoms with E-state index in [9.17, 15) is 0 Å². The molecular weight excluding hydrogens is 124 g/mol. The summed E-state index contributed by atoms with van der Waals surface area (Å²) in [5, 5.41) is 6.98. The van der Waals surface area contributed by atoms with E-state index in [2.05, 4.69) is 28.4 Å². The molecule has 1 aliphatic rings. The lowest BCUT2D eigenvalue weighted by molar-refractivity contribution is -0.456. The Morgan fingerprint density at radius 2 is 2.20 bits per heavy atom. The quantitative estimate of drug-likeness (QED) is 0.475. The van der Waals surface area contributed by atoms with Gasteiger partial charge in [0, 0.05) is 12.5 Å². The van der Waals surface area contributed by atoms with Gasteiger partial charge in [0.05, 0.1) is 0 Å². The van der Waals surface area contributed by atoms with E-state index in [1.165, 1.54) is 11.3 Å². The lowest BCUT2D eigenvalue weighted by Gasteiger charge is -2.03. The van der Waals surface area contributed by atoms with Crippen molar-refractivity contribution in [1.82, 2.24) is 5.10 Å². The van der Waals surface area contributed by atoms with Crippen molar-refractivity contribution in [2.24, 2.45) is 0 Å². The number of hydrogen-bond acceptors (Lipinski definition) is 1. The smallest absolute Gasteiger partial charge is 0.106 e. The van der Waals surface area contributed by atoms with E-state index >= 15 is 0 Å². The molecule has 1 aromatic heterocycles. The lowest BCUT2D eigenvalue weighted by Crippen LogP contribution is -2.13. The fourth-order valence-corrected chi connectivity index (χ4v) is 1.19. The van der Waals surface area contributed by atoms with E-state index in [-0.39, 0.29) is 0 Å². The van der Waals surface area contributed by atoms with Crippen LogP contribution >= 0.6 is 0 Å². The first-order valence-electron chi connectivity index (χ1n) is 3.46. The summed E-state index contributed by atoms with van der Waals surface area (Å²) in [5.74, 6) is 0. The molecule has 0 saturated heterocycles. The van der Waals surface area contributed by atoms with Crippen molar-refractivity contribution in [2.75, 3.05) is 0 Å². The SMILES string of the molecule is C1=CCc2n[nH+]ccc2C1. The second-order valence-corrected chi connectivity index (χ2v) is 2.43. The zero-order valence-electron chi connectivity index (χ0n) is 5.67. The summed E-state index contributed by atoms with van der Waals surface area (Å²) in [5.41, 5.74) is 2.53. The number of hydrogen-bond donors (Lipinski definition) is 0. The Balaban J connectivity index is 2.47. The van der Waals surface area contributed by atoms with Crippen molar-refractivity contribution in [1.29, 1.82) is 0 Å². The van der Waals surface area contributed by atoms with E-state index in [0.717, 1.165) is 12.8 Å². The van der Waals surface area contributed by atoms with Gasteiger partial charge in [-0.3, -0.25) is 0 Å². The van der Waals surface area contributed by atoms with Crippen molar-refractivity contribution in [3.63, 3.8) is 0 Å². The Labute approximate surface area is 59.6 Å². The van der Waals surface area contributed by atoms with Crippen LogP contribution in [0.5, 0.6) is 0 Å². The third kappa shape index (κ3) is 0.817. The number of fused-ring (bicyclic) bond motifs is 1. The highest BCUT2D eigenvalue weighted by molar-refractivity contribution is 5.25. The van der Waals surface area contributed by atoms with Gasteiger partial charge >= 0.3 is 0 Å². The topological polar surface area (TPSA) is 27.0 Å². The van der Waals surface area contributed by atoms with Crippen LogP contribution in [0.1, 0.15) is 11.3 Å². The van der Waals surface area contributed by atoms with Crippen LogP contribution in [-0.2, 0) is 12.8 Å². The van der Waals surface area contributed by atoms with Crippen LogP contribution < -0.4 is 5.10 Å². The third-order valence-corrected chi connectivity index (χ3v) is 1.74. The molecule has 1 N–H and O–H groups in total. The van der Waals surface area contributed by atoms with Crippen molar-refractivity contribution < 1.29 is 5.10 Å². The average Bonchev–Trinajstić information content (AvgIpc) is 2.05. The molecule has 1 aliphatic carbocycles. The van der Waals surface area contributed by atoms with E-state index < -0.39 is 0 Å². The van der Waals surface area contributed by atoms with E-state index in [1.807, 2.05) is 6.20 Å². The standard InChI is InChI=1S/C8H8N2/c1-2-4-8-7(3-1)5-6-9-10-8/h1-2,5-6H,3-4H2/p+1. The summed E-state index contributed by atoms with van der Waals surface area (Å²) >= 11 is 0. The molecule has 2 rings (SSSR count). The Kier molecular flexibility index (Phi) is 1.24. The van der Waals surface area contributed by atoms with Crippen molar-refractivity contribution >= 4 is 0 Å². The normalized spacial score (nSPS) is 14.8. The Morgan fingerprint density at radius 1 is 1.30 bits per heavy atom. The first kappa shape index (κ1) is 5.59. The highest BCUT2D eigenvalue weighted by atomic mass is 15.1. The summed E-state index contributed by atoms with van der Waals surface area (Å²) in [6.07, 6.45) is 8.23. The molecule has 10 heavy (non-hydrogen) atoms. The molecular formula is C8H9N2+. The number of nitrogens with zero attached hydrogens (tertiary/aromatic N) is 1. The average molecular weight is 133 g/mol. The van der Waals surface area contributed by atoms with Gasteiger partial charge in [0.1, 0.15) is 5.69 Å². The van der Waals surface area contributed by atoms with Gasteiger partial charge < -0.3 is 0 Å². The van der Waals surface area contributed by atoms with Gasteiger partial charge in [-0.1, -0.05) is 12.2 Å². The van der Waals surface area contributed by atoms with Gasteiger partial charge in [-0.25, -0.2) is 0 Å². The van der Waals surface area contributed by atoms with Crippen LogP contribution in [0.25, 0.3) is 0 Å². The zero-order chi connectivity index (χ0) is 6.81. The molecule has 0 unspecified atom stereocenters. The van der Waals surface area contributed by atoms with Crippen molar-refractivity contribution in [2.45, 2.75) is 12.8 Å². The van der Waals surface area contributed by atoms with Gasteiger partial charge in [0.2, 0.25) is 0 Å².